The molecule has 1 aromatic heterocycles. The van der Waals surface area contributed by atoms with Gasteiger partial charge in [0.2, 0.25) is 0 Å². The van der Waals surface area contributed by atoms with E-state index in [4.69, 9.17) is 0 Å². The summed E-state index contributed by atoms with van der Waals surface area (Å²) in [6.07, 6.45) is 0.551. The van der Waals surface area contributed by atoms with Gasteiger partial charge in [-0.25, -0.2) is 9.69 Å². The van der Waals surface area contributed by atoms with E-state index in [1.807, 2.05) is 49.4 Å². The molecule has 0 radical (unpaired) electrons. The van der Waals surface area contributed by atoms with Gasteiger partial charge >= 0.3 is 6.03 Å². The van der Waals surface area contributed by atoms with Crippen LogP contribution in [-0.4, -0.2) is 27.9 Å². The summed E-state index contributed by atoms with van der Waals surface area (Å²) >= 11 is 2.21. The van der Waals surface area contributed by atoms with Crippen molar-refractivity contribution in [3.8, 4) is 0 Å². The minimum Gasteiger partial charge on any atom is -0.356 e. The molecule has 5 nitrogen and oxygen atoms in total. The van der Waals surface area contributed by atoms with E-state index >= 15 is 0 Å². The van der Waals surface area contributed by atoms with Crippen molar-refractivity contribution in [2.24, 2.45) is 0 Å². The highest BCUT2D eigenvalue weighted by atomic mass is 127. The number of imide groups is 1. The van der Waals surface area contributed by atoms with Gasteiger partial charge in [0.1, 0.15) is 6.04 Å². The van der Waals surface area contributed by atoms with E-state index in [0.717, 1.165) is 25.7 Å². The van der Waals surface area contributed by atoms with Crippen LogP contribution < -0.4 is 4.90 Å². The fraction of sp³-hybridized carbons (Fsp3) is 0.200. The standard InChI is InChI=1S/C20H16IN3O2/c1-11-18-15(14-4-2-3-5-16(14)22-18)10-17-19(25)24(20(26)23(11)17)13-8-6-12(21)7-9-13/h2-9,11,17,22H,10H2,1H3. The SMILES string of the molecule is CC1c2[nH]c3ccccc3c2CC2C(=O)N(c3ccc(I)cc3)C(=O)N21. The van der Waals surface area contributed by atoms with Gasteiger partial charge in [-0.1, -0.05) is 18.2 Å². The normalized spacial score (nSPS) is 22.1. The van der Waals surface area contributed by atoms with Crippen LogP contribution in [0.5, 0.6) is 0 Å². The van der Waals surface area contributed by atoms with Crippen molar-refractivity contribution in [1.82, 2.24) is 9.88 Å². The first-order chi connectivity index (χ1) is 12.6. The summed E-state index contributed by atoms with van der Waals surface area (Å²) in [4.78, 5) is 32.7. The molecule has 1 N–H and O–H groups in total. The van der Waals surface area contributed by atoms with Crippen molar-refractivity contribution in [3.63, 3.8) is 0 Å². The van der Waals surface area contributed by atoms with E-state index in [1.54, 1.807) is 4.90 Å². The first-order valence-electron chi connectivity index (χ1n) is 8.57. The molecular formula is C20H16IN3O2. The second kappa shape index (κ2) is 5.57. The number of carbonyl (C=O) groups excluding carboxylic acids is 2. The molecule has 2 unspecified atom stereocenters. The maximum atomic E-state index is 13.1. The van der Waals surface area contributed by atoms with Crippen molar-refractivity contribution in [3.05, 3.63) is 63.4 Å². The zero-order valence-corrected chi connectivity index (χ0v) is 16.2. The van der Waals surface area contributed by atoms with Crippen molar-refractivity contribution < 1.29 is 9.59 Å². The number of rotatable bonds is 1. The van der Waals surface area contributed by atoms with Gasteiger partial charge in [0.05, 0.1) is 11.7 Å². The second-order valence-corrected chi connectivity index (χ2v) is 8.04. The minimum atomic E-state index is -0.441. The van der Waals surface area contributed by atoms with Crippen LogP contribution in [0.2, 0.25) is 0 Å². The molecule has 1 fully saturated rings. The molecule has 6 heteroatoms. The van der Waals surface area contributed by atoms with Crippen LogP contribution in [0.25, 0.3) is 10.9 Å². The molecular weight excluding hydrogens is 441 g/mol. The molecule has 0 spiro atoms. The van der Waals surface area contributed by atoms with E-state index in [2.05, 4.69) is 33.6 Å². The number of urea groups is 1. The van der Waals surface area contributed by atoms with Crippen molar-refractivity contribution >= 4 is 51.1 Å². The first kappa shape index (κ1) is 15.9. The third-order valence-electron chi connectivity index (χ3n) is 5.42. The van der Waals surface area contributed by atoms with Gasteiger partial charge in [-0.2, -0.15) is 0 Å². The fourth-order valence-electron chi connectivity index (χ4n) is 4.19. The minimum absolute atomic E-state index is 0.140. The Balaban J connectivity index is 1.60. The third-order valence-corrected chi connectivity index (χ3v) is 6.14. The Morgan fingerprint density at radius 1 is 1.08 bits per heavy atom. The number of aromatic nitrogens is 1. The maximum absolute atomic E-state index is 13.1. The Labute approximate surface area is 164 Å². The Bertz CT molecular complexity index is 1060. The molecule has 3 aromatic rings. The lowest BCUT2D eigenvalue weighted by Gasteiger charge is -2.33. The number of fused-ring (bicyclic) bond motifs is 4. The quantitative estimate of drug-likeness (QED) is 0.440. The fourth-order valence-corrected chi connectivity index (χ4v) is 4.55. The number of benzene rings is 2. The van der Waals surface area contributed by atoms with Gasteiger partial charge in [-0.05, 0) is 65.4 Å². The van der Waals surface area contributed by atoms with Crippen LogP contribution >= 0.6 is 22.6 Å². The average molecular weight is 457 g/mol. The van der Waals surface area contributed by atoms with Gasteiger partial charge in [0, 0.05) is 26.6 Å². The van der Waals surface area contributed by atoms with E-state index in [1.165, 1.54) is 4.90 Å². The molecule has 3 heterocycles. The topological polar surface area (TPSA) is 56.4 Å². The number of hydrogen-bond acceptors (Lipinski definition) is 2. The Morgan fingerprint density at radius 2 is 1.81 bits per heavy atom. The molecule has 0 saturated carbocycles. The average Bonchev–Trinajstić information content (AvgIpc) is 3.13. The summed E-state index contributed by atoms with van der Waals surface area (Å²) in [7, 11) is 0. The van der Waals surface area contributed by atoms with Crippen LogP contribution in [-0.2, 0) is 11.2 Å². The summed E-state index contributed by atoms with van der Waals surface area (Å²) in [5, 5.41) is 1.14. The monoisotopic (exact) mass is 457 g/mol. The van der Waals surface area contributed by atoms with Crippen LogP contribution in [0, 0.1) is 3.57 Å². The molecule has 5 rings (SSSR count). The number of anilines is 1. The Morgan fingerprint density at radius 3 is 2.58 bits per heavy atom. The third kappa shape index (κ3) is 2.08. The maximum Gasteiger partial charge on any atom is 0.332 e. The highest BCUT2D eigenvalue weighted by Gasteiger charge is 2.51. The van der Waals surface area contributed by atoms with Crippen molar-refractivity contribution in [2.75, 3.05) is 4.90 Å². The summed E-state index contributed by atoms with van der Waals surface area (Å²) in [5.41, 5.74) is 3.88. The number of nitrogens with one attached hydrogen (secondary N) is 1. The summed E-state index contributed by atoms with van der Waals surface area (Å²) in [5.74, 6) is -0.140. The number of para-hydroxylation sites is 1. The largest absolute Gasteiger partial charge is 0.356 e. The van der Waals surface area contributed by atoms with Crippen molar-refractivity contribution in [1.29, 1.82) is 0 Å². The van der Waals surface area contributed by atoms with Crippen LogP contribution in [0.1, 0.15) is 24.2 Å². The lowest BCUT2D eigenvalue weighted by atomic mass is 9.93. The molecule has 2 aliphatic rings. The Hall–Kier alpha value is -2.35. The van der Waals surface area contributed by atoms with Gasteiger partial charge < -0.3 is 9.88 Å². The summed E-state index contributed by atoms with van der Waals surface area (Å²) in [6, 6.07) is 14.7. The number of nitrogens with zero attached hydrogens (tertiary/aromatic N) is 2. The van der Waals surface area contributed by atoms with E-state index in [-0.39, 0.29) is 18.0 Å². The predicted octanol–water partition coefficient (Wildman–Crippen LogP) is 4.23. The molecule has 1 saturated heterocycles. The lowest BCUT2D eigenvalue weighted by Crippen LogP contribution is -2.42. The molecule has 2 atom stereocenters. The molecule has 2 aliphatic heterocycles. The van der Waals surface area contributed by atoms with E-state index < -0.39 is 6.04 Å². The Kier molecular flexibility index (Phi) is 3.40. The van der Waals surface area contributed by atoms with Gasteiger partial charge in [-0.15, -0.1) is 0 Å². The highest BCUT2D eigenvalue weighted by Crippen LogP contribution is 2.41. The number of hydrogen-bond donors (Lipinski definition) is 1. The number of halogens is 1. The van der Waals surface area contributed by atoms with Crippen LogP contribution in [0.3, 0.4) is 0 Å². The smallest absolute Gasteiger partial charge is 0.332 e. The zero-order chi connectivity index (χ0) is 18.0. The first-order valence-corrected chi connectivity index (χ1v) is 9.65. The molecule has 3 amide bonds. The number of amides is 3. The number of H-pyrrole nitrogens is 1. The van der Waals surface area contributed by atoms with Gasteiger partial charge in [-0.3, -0.25) is 4.79 Å². The predicted molar refractivity (Wildman–Crippen MR) is 108 cm³/mol. The summed E-state index contributed by atoms with van der Waals surface area (Å²) in [6.45, 7) is 1.99. The second-order valence-electron chi connectivity index (χ2n) is 6.80. The number of carbonyl (C=O) groups is 2. The summed E-state index contributed by atoms with van der Waals surface area (Å²) < 4.78 is 1.07. The van der Waals surface area contributed by atoms with Crippen LogP contribution in [0.4, 0.5) is 10.5 Å². The van der Waals surface area contributed by atoms with Crippen LogP contribution in [0.15, 0.2) is 48.5 Å². The molecule has 130 valence electrons. The van der Waals surface area contributed by atoms with E-state index in [0.29, 0.717) is 12.1 Å². The zero-order valence-electron chi connectivity index (χ0n) is 14.1. The molecule has 0 bridgehead atoms. The van der Waals surface area contributed by atoms with Crippen molar-refractivity contribution in [2.45, 2.75) is 25.4 Å². The highest BCUT2D eigenvalue weighted by molar-refractivity contribution is 14.1. The molecule has 2 aromatic carbocycles. The number of aromatic amines is 1. The van der Waals surface area contributed by atoms with Gasteiger partial charge in [0.25, 0.3) is 5.91 Å². The molecule has 0 aliphatic carbocycles. The lowest BCUT2D eigenvalue weighted by molar-refractivity contribution is -0.120. The van der Waals surface area contributed by atoms with Gasteiger partial charge in [0.15, 0.2) is 0 Å². The molecule has 26 heavy (non-hydrogen) atoms. The van der Waals surface area contributed by atoms with E-state index in [9.17, 15) is 9.59 Å².